The molecule has 3 heteroatoms. The van der Waals surface area contributed by atoms with Gasteiger partial charge in [0.05, 0.1) is 5.56 Å². The molecule has 0 aliphatic rings. The maximum Gasteiger partial charge on any atom is 0.358 e. The van der Waals surface area contributed by atoms with Gasteiger partial charge in [-0.2, -0.15) is 0 Å². The third kappa shape index (κ3) is 3.35. The number of aromatic carboxylic acids is 1. The third-order valence-electron chi connectivity index (χ3n) is 2.86. The van der Waals surface area contributed by atoms with Gasteiger partial charge in [-0.25, -0.2) is 4.79 Å². The Hall–Kier alpha value is -1.36. The number of aryl methyl sites for hydroxylation is 3. The van der Waals surface area contributed by atoms with Gasteiger partial charge in [-0.1, -0.05) is 23.8 Å². The smallest absolute Gasteiger partial charge is 0.358 e. The second-order valence-corrected chi connectivity index (χ2v) is 7.49. The molecular formula is C16H16IO2+. The molecule has 0 atom stereocenters. The summed E-state index contributed by atoms with van der Waals surface area (Å²) in [6.07, 6.45) is 0. The molecule has 0 bridgehead atoms. The number of rotatable bonds is 3. The van der Waals surface area contributed by atoms with Crippen molar-refractivity contribution in [3.8, 4) is 0 Å². The lowest BCUT2D eigenvalue weighted by Crippen LogP contribution is -3.62. The van der Waals surface area contributed by atoms with Crippen molar-refractivity contribution < 1.29 is 31.1 Å². The molecule has 0 unspecified atom stereocenters. The molecule has 2 aromatic carbocycles. The van der Waals surface area contributed by atoms with E-state index in [9.17, 15) is 4.79 Å². The number of benzene rings is 2. The van der Waals surface area contributed by atoms with Crippen molar-refractivity contribution in [3.05, 3.63) is 65.8 Å². The quantitative estimate of drug-likeness (QED) is 0.800. The predicted octanol–water partition coefficient (Wildman–Crippen LogP) is 0.438. The van der Waals surface area contributed by atoms with Gasteiger partial charge >= 0.3 is 27.2 Å². The maximum atomic E-state index is 11.0. The molecule has 0 saturated carbocycles. The highest BCUT2D eigenvalue weighted by Crippen LogP contribution is 2.07. The molecule has 0 fully saturated rings. The molecule has 2 aromatic rings. The monoisotopic (exact) mass is 367 g/mol. The van der Waals surface area contributed by atoms with Gasteiger partial charge in [0, 0.05) is 17.2 Å². The van der Waals surface area contributed by atoms with Gasteiger partial charge in [0.15, 0.2) is 7.14 Å². The molecule has 0 aromatic heterocycles. The van der Waals surface area contributed by atoms with Gasteiger partial charge < -0.3 is 5.11 Å². The number of carboxylic acids is 1. The van der Waals surface area contributed by atoms with Crippen LogP contribution in [0.2, 0.25) is 0 Å². The number of carbonyl (C=O) groups is 1. The second-order valence-electron chi connectivity index (χ2n) is 4.62. The molecule has 0 radical (unpaired) electrons. The van der Waals surface area contributed by atoms with Crippen LogP contribution in [-0.4, -0.2) is 11.1 Å². The normalized spacial score (nSPS) is 10.5. The number of hydrogen-bond donors (Lipinski definition) is 1. The molecule has 0 spiro atoms. The van der Waals surface area contributed by atoms with Crippen LogP contribution >= 0.6 is 0 Å². The standard InChI is InChI=1S/C16H15IO2/c1-10-7-11(2)15(12(3)8-10)17-14-6-4-5-13(9-14)16(18)19/h4-9H,1-3H3/p+1. The molecule has 0 aliphatic carbocycles. The fraction of sp³-hybridized carbons (Fsp3) is 0.188. The van der Waals surface area contributed by atoms with Gasteiger partial charge in [-0.05, 0) is 32.9 Å². The summed E-state index contributed by atoms with van der Waals surface area (Å²) < 4.78 is 2.54. The van der Waals surface area contributed by atoms with Crippen LogP contribution in [-0.2, 0) is 0 Å². The lowest BCUT2D eigenvalue weighted by Gasteiger charge is -2.01. The average Bonchev–Trinajstić information content (AvgIpc) is 2.34. The number of hydrogen-bond acceptors (Lipinski definition) is 1. The number of halogens is 1. The SMILES string of the molecule is Cc1cc(C)c([I+]c2cccc(C(=O)O)c2)c(C)c1. The van der Waals surface area contributed by atoms with Crippen molar-refractivity contribution in [2.45, 2.75) is 20.8 Å². The summed E-state index contributed by atoms with van der Waals surface area (Å²) in [4.78, 5) is 11.0. The van der Waals surface area contributed by atoms with E-state index in [2.05, 4.69) is 32.9 Å². The maximum absolute atomic E-state index is 11.0. The molecule has 1 N–H and O–H groups in total. The van der Waals surface area contributed by atoms with E-state index in [-0.39, 0.29) is 21.2 Å². The first kappa shape index (κ1) is 14.1. The van der Waals surface area contributed by atoms with Crippen LogP contribution in [0.25, 0.3) is 0 Å². The van der Waals surface area contributed by atoms with Crippen molar-refractivity contribution in [1.29, 1.82) is 0 Å². The zero-order chi connectivity index (χ0) is 14.0. The second kappa shape index (κ2) is 5.74. The highest BCUT2D eigenvalue weighted by atomic mass is 127. The van der Waals surface area contributed by atoms with E-state index in [1.54, 1.807) is 12.1 Å². The zero-order valence-electron chi connectivity index (χ0n) is 11.2. The molecule has 19 heavy (non-hydrogen) atoms. The first-order valence-corrected chi connectivity index (χ1v) is 8.19. The summed E-state index contributed by atoms with van der Waals surface area (Å²) in [6, 6.07) is 11.7. The number of carboxylic acid groups (broad SMARTS) is 1. The van der Waals surface area contributed by atoms with Crippen molar-refractivity contribution in [2.24, 2.45) is 0 Å². The molecule has 98 valence electrons. The Balaban J connectivity index is 2.36. The minimum Gasteiger partial charge on any atom is -0.478 e. The summed E-state index contributed by atoms with van der Waals surface area (Å²) in [6.45, 7) is 6.37. The molecule has 2 nitrogen and oxygen atoms in total. The van der Waals surface area contributed by atoms with Crippen LogP contribution in [0, 0.1) is 27.9 Å². The summed E-state index contributed by atoms with van der Waals surface area (Å²) in [5, 5.41) is 9.03. The topological polar surface area (TPSA) is 37.3 Å². The van der Waals surface area contributed by atoms with Crippen molar-refractivity contribution in [1.82, 2.24) is 0 Å². The largest absolute Gasteiger partial charge is 0.478 e. The Labute approximate surface area is 123 Å². The highest BCUT2D eigenvalue weighted by molar-refractivity contribution is 5.87. The van der Waals surface area contributed by atoms with Crippen molar-refractivity contribution in [2.75, 3.05) is 0 Å². The van der Waals surface area contributed by atoms with Crippen LogP contribution in [0.3, 0.4) is 0 Å². The molecule has 0 heterocycles. The minimum absolute atomic E-state index is 0.333. The van der Waals surface area contributed by atoms with Gasteiger partial charge in [0.2, 0.25) is 0 Å². The molecule has 0 aliphatic heterocycles. The zero-order valence-corrected chi connectivity index (χ0v) is 13.4. The van der Waals surface area contributed by atoms with E-state index in [1.165, 1.54) is 20.3 Å². The van der Waals surface area contributed by atoms with Gasteiger partial charge in [0.25, 0.3) is 0 Å². The summed E-state index contributed by atoms with van der Waals surface area (Å²) >= 11 is -0.333. The van der Waals surface area contributed by atoms with Crippen LogP contribution in [0.1, 0.15) is 27.0 Å². The van der Waals surface area contributed by atoms with Crippen LogP contribution < -0.4 is 21.2 Å². The lowest BCUT2D eigenvalue weighted by molar-refractivity contribution is -0.598. The van der Waals surface area contributed by atoms with Gasteiger partial charge in [0.1, 0.15) is 0 Å². The molecule has 0 amide bonds. The van der Waals surface area contributed by atoms with Gasteiger partial charge in [-0.3, -0.25) is 0 Å². The Kier molecular flexibility index (Phi) is 4.24. The first-order valence-electron chi connectivity index (χ1n) is 6.03. The van der Waals surface area contributed by atoms with E-state index in [0.29, 0.717) is 5.56 Å². The van der Waals surface area contributed by atoms with E-state index < -0.39 is 5.97 Å². The molecule has 0 saturated heterocycles. The molecule has 2 rings (SSSR count). The van der Waals surface area contributed by atoms with Crippen LogP contribution in [0.4, 0.5) is 0 Å². The first-order chi connectivity index (χ1) is 8.97. The average molecular weight is 367 g/mol. The third-order valence-corrected chi connectivity index (χ3v) is 6.39. The lowest BCUT2D eigenvalue weighted by atomic mass is 10.1. The highest BCUT2D eigenvalue weighted by Gasteiger charge is 2.22. The summed E-state index contributed by atoms with van der Waals surface area (Å²) in [5.41, 5.74) is 4.28. The fourth-order valence-corrected chi connectivity index (χ4v) is 4.76. The van der Waals surface area contributed by atoms with Crippen molar-refractivity contribution in [3.63, 3.8) is 0 Å². The van der Waals surface area contributed by atoms with E-state index >= 15 is 0 Å². The van der Waals surface area contributed by atoms with E-state index in [0.717, 1.165) is 3.57 Å². The minimum atomic E-state index is -0.858. The van der Waals surface area contributed by atoms with Crippen LogP contribution in [0.15, 0.2) is 36.4 Å². The van der Waals surface area contributed by atoms with Crippen molar-refractivity contribution >= 4 is 5.97 Å². The van der Waals surface area contributed by atoms with Gasteiger partial charge in [-0.15, -0.1) is 0 Å². The van der Waals surface area contributed by atoms with E-state index in [1.807, 2.05) is 12.1 Å². The van der Waals surface area contributed by atoms with Crippen LogP contribution in [0.5, 0.6) is 0 Å². The predicted molar refractivity (Wildman–Crippen MR) is 71.4 cm³/mol. The summed E-state index contributed by atoms with van der Waals surface area (Å²) in [7, 11) is 0. The Morgan fingerprint density at radius 2 is 1.68 bits per heavy atom. The summed E-state index contributed by atoms with van der Waals surface area (Å²) in [5.74, 6) is -0.858. The fourth-order valence-electron chi connectivity index (χ4n) is 2.10. The Morgan fingerprint density at radius 3 is 2.26 bits per heavy atom. The Morgan fingerprint density at radius 1 is 1.05 bits per heavy atom. The molecular weight excluding hydrogens is 351 g/mol. The van der Waals surface area contributed by atoms with E-state index in [4.69, 9.17) is 5.11 Å². The Bertz CT molecular complexity index is 609.